The second-order valence-electron chi connectivity index (χ2n) is 14.2. The minimum atomic E-state index is -1.09. The van der Waals surface area contributed by atoms with Crippen LogP contribution in [0, 0.1) is 5.82 Å². The first-order valence-electron chi connectivity index (χ1n) is 18.1. The molecule has 4 amide bonds. The molecule has 1 atom stereocenters. The number of piperidine rings is 2. The van der Waals surface area contributed by atoms with E-state index in [-0.39, 0.29) is 29.5 Å². The minimum Gasteiger partial charge on any atom is -0.497 e. The van der Waals surface area contributed by atoms with Crippen LogP contribution in [0.1, 0.15) is 52.0 Å². The predicted molar refractivity (Wildman–Crippen MR) is 196 cm³/mol. The zero-order valence-electron chi connectivity index (χ0n) is 30.0. The van der Waals surface area contributed by atoms with Crippen LogP contribution in [0.15, 0.2) is 53.3 Å². The summed E-state index contributed by atoms with van der Waals surface area (Å²) in [7, 11) is 3.06. The molecule has 0 radical (unpaired) electrons. The van der Waals surface area contributed by atoms with E-state index in [4.69, 9.17) is 14.5 Å². The van der Waals surface area contributed by atoms with Crippen molar-refractivity contribution >= 4 is 40.2 Å². The average molecular weight is 738 g/mol. The van der Waals surface area contributed by atoms with Crippen LogP contribution < -0.4 is 25.2 Å². The van der Waals surface area contributed by atoms with Crippen molar-refractivity contribution in [2.45, 2.75) is 44.3 Å². The van der Waals surface area contributed by atoms with Gasteiger partial charge in [0.15, 0.2) is 0 Å². The van der Waals surface area contributed by atoms with E-state index in [1.807, 2.05) is 12.1 Å². The maximum atomic E-state index is 15.3. The molecule has 1 unspecified atom stereocenters. The number of H-pyrrole nitrogens is 1. The molecule has 4 aromatic rings. The van der Waals surface area contributed by atoms with Crippen molar-refractivity contribution in [2.75, 3.05) is 58.4 Å². The third-order valence-electron chi connectivity index (χ3n) is 11.1. The van der Waals surface area contributed by atoms with Gasteiger partial charge in [-0.2, -0.15) is 0 Å². The Morgan fingerprint density at radius 2 is 1.54 bits per heavy atom. The number of nitrogens with one attached hydrogen (secondary N) is 2. The number of aromatic amines is 1. The van der Waals surface area contributed by atoms with Gasteiger partial charge in [-0.25, -0.2) is 9.37 Å². The number of methoxy groups -OCH3 is 2. The van der Waals surface area contributed by atoms with Crippen molar-refractivity contribution in [1.82, 2.24) is 30.0 Å². The lowest BCUT2D eigenvalue weighted by Crippen LogP contribution is -2.54. The Morgan fingerprint density at radius 1 is 0.833 bits per heavy atom. The van der Waals surface area contributed by atoms with Crippen LogP contribution in [0.4, 0.5) is 10.1 Å². The van der Waals surface area contributed by atoms with Gasteiger partial charge in [-0.15, -0.1) is 0 Å². The topological polar surface area (TPSA) is 157 Å². The minimum absolute atomic E-state index is 0.0205. The molecule has 2 N–H and O–H groups in total. The van der Waals surface area contributed by atoms with E-state index >= 15 is 4.39 Å². The molecular weight excluding hydrogens is 697 g/mol. The Bertz CT molecular complexity index is 2230. The molecule has 3 aromatic carbocycles. The number of hydrogen-bond donors (Lipinski definition) is 2. The Kier molecular flexibility index (Phi) is 9.36. The monoisotopic (exact) mass is 737 g/mol. The third kappa shape index (κ3) is 6.47. The summed E-state index contributed by atoms with van der Waals surface area (Å²) in [5.41, 5.74) is 2.46. The Morgan fingerprint density at radius 3 is 2.20 bits per heavy atom. The molecule has 1 aromatic heterocycles. The van der Waals surface area contributed by atoms with Crippen molar-refractivity contribution in [3.8, 4) is 22.9 Å². The molecule has 280 valence electrons. The lowest BCUT2D eigenvalue weighted by Gasteiger charge is -2.43. The van der Waals surface area contributed by atoms with E-state index in [1.54, 1.807) is 19.2 Å². The molecule has 54 heavy (non-hydrogen) atoms. The van der Waals surface area contributed by atoms with Gasteiger partial charge in [-0.3, -0.25) is 44.0 Å². The van der Waals surface area contributed by atoms with E-state index in [1.165, 1.54) is 13.2 Å². The smallest absolute Gasteiger partial charge is 0.262 e. The number of nitrogens with zero attached hydrogens (tertiary/aromatic N) is 5. The number of anilines is 1. The van der Waals surface area contributed by atoms with Crippen molar-refractivity contribution < 1.29 is 33.0 Å². The summed E-state index contributed by atoms with van der Waals surface area (Å²) in [6.07, 6.45) is 2.07. The van der Waals surface area contributed by atoms with Gasteiger partial charge in [0, 0.05) is 87.2 Å². The van der Waals surface area contributed by atoms with Gasteiger partial charge in [0.1, 0.15) is 34.6 Å². The molecular formula is C39H40FN7O7. The summed E-state index contributed by atoms with van der Waals surface area (Å²) in [6.45, 7) is 5.24. The molecule has 15 heteroatoms. The summed E-state index contributed by atoms with van der Waals surface area (Å²) in [4.78, 5) is 78.7. The van der Waals surface area contributed by atoms with Crippen LogP contribution in [-0.4, -0.2) is 114 Å². The summed E-state index contributed by atoms with van der Waals surface area (Å²) < 4.78 is 26.1. The first-order chi connectivity index (χ1) is 26.1. The average Bonchev–Trinajstić information content (AvgIpc) is 3.42. The largest absolute Gasteiger partial charge is 0.497 e. The Hall–Kier alpha value is -5.67. The van der Waals surface area contributed by atoms with E-state index in [2.05, 4.69) is 37.1 Å². The van der Waals surface area contributed by atoms with Crippen LogP contribution >= 0.6 is 0 Å². The van der Waals surface area contributed by atoms with Gasteiger partial charge in [-0.05, 0) is 55.7 Å². The highest BCUT2D eigenvalue weighted by molar-refractivity contribution is 6.23. The summed E-state index contributed by atoms with van der Waals surface area (Å²) in [5.74, 6) is -1.65. The van der Waals surface area contributed by atoms with Crippen molar-refractivity contribution in [2.24, 2.45) is 0 Å². The van der Waals surface area contributed by atoms with Gasteiger partial charge < -0.3 is 19.4 Å². The fourth-order valence-electron chi connectivity index (χ4n) is 8.13. The van der Waals surface area contributed by atoms with Crippen LogP contribution in [-0.2, 0) is 16.1 Å². The van der Waals surface area contributed by atoms with Crippen molar-refractivity contribution in [3.05, 3.63) is 81.4 Å². The first-order valence-corrected chi connectivity index (χ1v) is 18.1. The summed E-state index contributed by atoms with van der Waals surface area (Å²) >= 11 is 0. The number of halogens is 1. The zero-order chi connectivity index (χ0) is 37.7. The van der Waals surface area contributed by atoms with Crippen LogP contribution in [0.3, 0.4) is 0 Å². The molecule has 8 rings (SSSR count). The number of hydrogen-bond acceptors (Lipinski definition) is 11. The number of aromatic nitrogens is 2. The van der Waals surface area contributed by atoms with Gasteiger partial charge in [0.2, 0.25) is 11.8 Å². The SMILES string of the molecule is COc1cc(OC)c2c(=O)[nH]c(-c3ccc(N4CCC(N5CCN(Cc6cc7c(cc6F)C(=O)N(C6CCC(=O)NC6=O)C7=O)CC5)CC4)cc3)nc2c1. The maximum absolute atomic E-state index is 15.3. The molecule has 4 aliphatic heterocycles. The van der Waals surface area contributed by atoms with Crippen LogP contribution in [0.5, 0.6) is 11.5 Å². The lowest BCUT2D eigenvalue weighted by molar-refractivity contribution is -0.136. The second-order valence-corrected chi connectivity index (χ2v) is 14.2. The molecule has 3 fully saturated rings. The molecule has 14 nitrogen and oxygen atoms in total. The quantitative estimate of drug-likeness (QED) is 0.257. The number of benzene rings is 3. The molecule has 0 spiro atoms. The summed E-state index contributed by atoms with van der Waals surface area (Å²) in [6, 6.07) is 13.3. The van der Waals surface area contributed by atoms with E-state index in [9.17, 15) is 24.0 Å². The fraction of sp³-hybridized carbons (Fsp3) is 0.385. The number of ether oxygens (including phenoxy) is 2. The first kappa shape index (κ1) is 35.4. The number of piperazine rings is 1. The standard InChI is InChI=1S/C39H40FN7O7/c1-53-26-18-30-34(32(19-26)54-2)37(50)43-35(41-30)22-3-5-24(6-4-22)45-11-9-25(10-12-45)46-15-13-44(14-16-46)21-23-17-27-28(20-29(23)40)39(52)47(38(27)51)31-7-8-33(48)42-36(31)49/h3-6,17-20,25,31H,7-16,21H2,1-2H3,(H,41,43,50)(H,42,48,49). The molecule has 0 saturated carbocycles. The van der Waals surface area contributed by atoms with Crippen LogP contribution in [0.2, 0.25) is 0 Å². The van der Waals surface area contributed by atoms with Gasteiger partial charge >= 0.3 is 0 Å². The number of amides is 4. The molecule has 5 heterocycles. The number of imide groups is 2. The van der Waals surface area contributed by atoms with Gasteiger partial charge in [0.25, 0.3) is 17.4 Å². The number of carbonyl (C=O) groups is 4. The lowest BCUT2D eigenvalue weighted by atomic mass is 10.0. The molecule has 0 bridgehead atoms. The Balaban J connectivity index is 0.852. The third-order valence-corrected chi connectivity index (χ3v) is 11.1. The van der Waals surface area contributed by atoms with Gasteiger partial charge in [0.05, 0.1) is 30.9 Å². The highest BCUT2D eigenvalue weighted by atomic mass is 19.1. The van der Waals surface area contributed by atoms with E-state index in [0.29, 0.717) is 46.4 Å². The van der Waals surface area contributed by atoms with E-state index < -0.39 is 35.5 Å². The number of rotatable bonds is 8. The highest BCUT2D eigenvalue weighted by Crippen LogP contribution is 2.32. The number of fused-ring (bicyclic) bond motifs is 2. The van der Waals surface area contributed by atoms with Gasteiger partial charge in [-0.1, -0.05) is 0 Å². The molecule has 0 aliphatic carbocycles. The second kappa shape index (κ2) is 14.3. The molecule has 4 aliphatic rings. The van der Waals surface area contributed by atoms with Crippen molar-refractivity contribution in [1.29, 1.82) is 0 Å². The highest BCUT2D eigenvalue weighted by Gasteiger charge is 2.45. The Labute approximate surface area is 309 Å². The zero-order valence-corrected chi connectivity index (χ0v) is 30.0. The van der Waals surface area contributed by atoms with Crippen LogP contribution in [0.25, 0.3) is 22.3 Å². The normalized spacial score (nSPS) is 20.1. The molecule has 3 saturated heterocycles. The number of carbonyl (C=O) groups excluding carboxylic acids is 4. The maximum Gasteiger partial charge on any atom is 0.262 e. The summed E-state index contributed by atoms with van der Waals surface area (Å²) in [5, 5.41) is 2.55. The van der Waals surface area contributed by atoms with Crippen molar-refractivity contribution in [3.63, 3.8) is 0 Å². The fourth-order valence-corrected chi connectivity index (χ4v) is 8.13. The predicted octanol–water partition coefficient (Wildman–Crippen LogP) is 2.93. The van der Waals surface area contributed by atoms with E-state index in [0.717, 1.165) is 74.3 Å².